The fourth-order valence-electron chi connectivity index (χ4n) is 3.72. The number of nitrogens with zero attached hydrogens (tertiary/aromatic N) is 3. The van der Waals surface area contributed by atoms with E-state index < -0.39 is 5.41 Å². The molecule has 0 saturated carbocycles. The summed E-state index contributed by atoms with van der Waals surface area (Å²) in [4.78, 5) is 14.9. The van der Waals surface area contributed by atoms with Gasteiger partial charge >= 0.3 is 0 Å². The van der Waals surface area contributed by atoms with E-state index >= 15 is 0 Å². The summed E-state index contributed by atoms with van der Waals surface area (Å²) in [6, 6.07) is 9.39. The van der Waals surface area contributed by atoms with E-state index in [0.717, 1.165) is 0 Å². The van der Waals surface area contributed by atoms with Crippen molar-refractivity contribution in [3.63, 3.8) is 0 Å². The molecule has 0 bridgehead atoms. The van der Waals surface area contributed by atoms with Crippen molar-refractivity contribution in [2.45, 2.75) is 12.0 Å². The molecular formula is C17H15N5O3. The first-order valence-corrected chi connectivity index (χ1v) is 7.59. The highest BCUT2D eigenvalue weighted by Gasteiger charge is 2.60. The van der Waals surface area contributed by atoms with Gasteiger partial charge in [0.25, 0.3) is 0 Å². The van der Waals surface area contributed by atoms with E-state index in [2.05, 4.69) is 16.3 Å². The van der Waals surface area contributed by atoms with Crippen LogP contribution in [0.1, 0.15) is 16.8 Å². The van der Waals surface area contributed by atoms with Crippen LogP contribution in [0.5, 0.6) is 5.88 Å². The molecule has 1 aromatic carbocycles. The van der Waals surface area contributed by atoms with Gasteiger partial charge in [-0.1, -0.05) is 18.2 Å². The Morgan fingerprint density at radius 1 is 1.48 bits per heavy atom. The monoisotopic (exact) mass is 337 g/mol. The molecule has 126 valence electrons. The smallest absolute Gasteiger partial charge is 0.247 e. The highest BCUT2D eigenvalue weighted by atomic mass is 16.5. The predicted molar refractivity (Wildman–Crippen MR) is 87.4 cm³/mol. The van der Waals surface area contributed by atoms with Crippen molar-refractivity contribution in [3.05, 3.63) is 52.5 Å². The lowest BCUT2D eigenvalue weighted by Gasteiger charge is -2.32. The summed E-state index contributed by atoms with van der Waals surface area (Å²) in [5.41, 5.74) is 7.08. The summed E-state index contributed by atoms with van der Waals surface area (Å²) in [7, 11) is 3.21. The molecule has 2 aliphatic heterocycles. The van der Waals surface area contributed by atoms with Gasteiger partial charge in [-0.3, -0.25) is 9.89 Å². The van der Waals surface area contributed by atoms with Gasteiger partial charge < -0.3 is 20.1 Å². The fourth-order valence-corrected chi connectivity index (χ4v) is 3.72. The third kappa shape index (κ3) is 1.67. The molecule has 4 rings (SSSR count). The zero-order chi connectivity index (χ0) is 17.8. The molecular weight excluding hydrogens is 322 g/mol. The molecule has 1 aromatic heterocycles. The van der Waals surface area contributed by atoms with Gasteiger partial charge in [-0.15, -0.1) is 5.10 Å². The number of methoxy groups -OCH3 is 1. The first kappa shape index (κ1) is 15.2. The van der Waals surface area contributed by atoms with Crippen LogP contribution in [0.25, 0.3) is 0 Å². The summed E-state index contributed by atoms with van der Waals surface area (Å²) >= 11 is 0. The van der Waals surface area contributed by atoms with E-state index in [4.69, 9.17) is 15.2 Å². The number of nitrogens with one attached hydrogen (secondary N) is 1. The molecule has 1 amide bonds. The predicted octanol–water partition coefficient (Wildman–Crippen LogP) is 0.905. The summed E-state index contributed by atoms with van der Waals surface area (Å²) in [6.45, 7) is 0.186. The van der Waals surface area contributed by atoms with Crippen LogP contribution in [0.3, 0.4) is 0 Å². The van der Waals surface area contributed by atoms with Crippen molar-refractivity contribution in [1.29, 1.82) is 5.26 Å². The molecule has 3 heterocycles. The van der Waals surface area contributed by atoms with E-state index in [1.165, 1.54) is 12.0 Å². The minimum atomic E-state index is -1.39. The SMILES string of the molecule is COCc1[nH]nc2c1[C@]1(C(=O)N(C)c3ccccc31)C(C#N)=C(N)O2. The lowest BCUT2D eigenvalue weighted by molar-refractivity contribution is -0.120. The van der Waals surface area contributed by atoms with E-state index in [1.54, 1.807) is 7.05 Å². The molecule has 0 aliphatic carbocycles. The number of carbonyl (C=O) groups excluding carboxylic acids is 1. The number of nitriles is 1. The number of aromatic nitrogens is 2. The molecule has 0 unspecified atom stereocenters. The van der Waals surface area contributed by atoms with E-state index in [1.807, 2.05) is 24.3 Å². The summed E-state index contributed by atoms with van der Waals surface area (Å²) in [5.74, 6) is -0.220. The Morgan fingerprint density at radius 2 is 2.24 bits per heavy atom. The number of rotatable bonds is 2. The number of para-hydroxylation sites is 1. The molecule has 3 N–H and O–H groups in total. The molecule has 8 heteroatoms. The maximum Gasteiger partial charge on any atom is 0.247 e. The van der Waals surface area contributed by atoms with Gasteiger partial charge in [-0.2, -0.15) is 5.26 Å². The number of amides is 1. The maximum absolute atomic E-state index is 13.4. The Labute approximate surface area is 143 Å². The zero-order valence-corrected chi connectivity index (χ0v) is 13.7. The van der Waals surface area contributed by atoms with Crippen LogP contribution in [0.15, 0.2) is 35.7 Å². The number of likely N-dealkylation sites (N-methyl/N-ethyl adjacent to an activating group) is 1. The third-order valence-corrected chi connectivity index (χ3v) is 4.71. The van der Waals surface area contributed by atoms with Gasteiger partial charge in [0.05, 0.1) is 17.9 Å². The van der Waals surface area contributed by atoms with Crippen LogP contribution in [0, 0.1) is 11.3 Å². The second-order valence-corrected chi connectivity index (χ2v) is 5.90. The van der Waals surface area contributed by atoms with Gasteiger partial charge in [0, 0.05) is 25.4 Å². The quantitative estimate of drug-likeness (QED) is 0.841. The first-order valence-electron chi connectivity index (χ1n) is 7.59. The van der Waals surface area contributed by atoms with Crippen molar-refractivity contribution in [2.75, 3.05) is 19.1 Å². The van der Waals surface area contributed by atoms with Gasteiger partial charge in [0.15, 0.2) is 0 Å². The third-order valence-electron chi connectivity index (χ3n) is 4.71. The molecule has 2 aromatic rings. The summed E-state index contributed by atoms with van der Waals surface area (Å²) in [5, 5.41) is 16.8. The maximum atomic E-state index is 13.4. The minimum Gasteiger partial charge on any atom is -0.420 e. The molecule has 2 aliphatic rings. The van der Waals surface area contributed by atoms with Gasteiger partial charge in [-0.05, 0) is 6.07 Å². The number of nitrogens with two attached hydrogens (primary N) is 1. The van der Waals surface area contributed by atoms with Gasteiger partial charge in [-0.25, -0.2) is 0 Å². The zero-order valence-electron chi connectivity index (χ0n) is 13.7. The highest BCUT2D eigenvalue weighted by molar-refractivity contribution is 6.14. The number of ether oxygens (including phenoxy) is 2. The van der Waals surface area contributed by atoms with E-state index in [-0.39, 0.29) is 29.9 Å². The van der Waals surface area contributed by atoms with Crippen LogP contribution in [0.2, 0.25) is 0 Å². The van der Waals surface area contributed by atoms with E-state index in [9.17, 15) is 10.1 Å². The Hall–Kier alpha value is -3.31. The van der Waals surface area contributed by atoms with Crippen LogP contribution in [0.4, 0.5) is 5.69 Å². The highest BCUT2D eigenvalue weighted by Crippen LogP contribution is 2.55. The lowest BCUT2D eigenvalue weighted by Crippen LogP contribution is -2.45. The number of carbonyl (C=O) groups is 1. The average Bonchev–Trinajstić information content (AvgIpc) is 3.10. The largest absolute Gasteiger partial charge is 0.420 e. The second-order valence-electron chi connectivity index (χ2n) is 5.90. The Kier molecular flexibility index (Phi) is 3.10. The molecule has 0 fully saturated rings. The standard InChI is InChI=1S/C17H15N5O3/c1-22-12-6-4-3-5-9(12)17(16(22)23)10(7-18)14(19)25-15-13(17)11(8-24-2)20-21-15/h3-6H,8,19H2,1-2H3,(H,20,21)/t17-/m1/s1. The second kappa shape index (κ2) is 5.09. The van der Waals surface area contributed by atoms with Crippen molar-refractivity contribution >= 4 is 11.6 Å². The van der Waals surface area contributed by atoms with Gasteiger partial charge in [0.1, 0.15) is 17.1 Å². The van der Waals surface area contributed by atoms with E-state index in [0.29, 0.717) is 22.5 Å². The van der Waals surface area contributed by atoms with Crippen LogP contribution in [-0.2, 0) is 21.6 Å². The molecule has 25 heavy (non-hydrogen) atoms. The molecule has 1 spiro atoms. The Bertz CT molecular complexity index is 971. The number of aromatic amines is 1. The summed E-state index contributed by atoms with van der Waals surface area (Å²) in [6.07, 6.45) is 0. The number of H-pyrrole nitrogens is 1. The Balaban J connectivity index is 2.15. The fraction of sp³-hybridized carbons (Fsp3) is 0.235. The van der Waals surface area contributed by atoms with Crippen LogP contribution >= 0.6 is 0 Å². The van der Waals surface area contributed by atoms with Gasteiger partial charge in [0.2, 0.25) is 17.7 Å². The van der Waals surface area contributed by atoms with Crippen molar-refractivity contribution in [2.24, 2.45) is 5.73 Å². The first-order chi connectivity index (χ1) is 12.1. The average molecular weight is 337 g/mol. The number of fused-ring (bicyclic) bond motifs is 4. The summed E-state index contributed by atoms with van der Waals surface area (Å²) < 4.78 is 10.7. The molecule has 0 radical (unpaired) electrons. The number of anilines is 1. The lowest BCUT2D eigenvalue weighted by atomic mass is 9.69. The number of hydrogen-bond acceptors (Lipinski definition) is 6. The minimum absolute atomic E-state index is 0.0561. The topological polar surface area (TPSA) is 117 Å². The van der Waals surface area contributed by atoms with Crippen molar-refractivity contribution < 1.29 is 14.3 Å². The normalized spacial score (nSPS) is 21.2. The molecule has 0 saturated heterocycles. The molecule has 8 nitrogen and oxygen atoms in total. The van der Waals surface area contributed by atoms with Crippen molar-refractivity contribution in [1.82, 2.24) is 10.2 Å². The van der Waals surface area contributed by atoms with Crippen LogP contribution in [-0.4, -0.2) is 30.3 Å². The molecule has 1 atom stereocenters. The Morgan fingerprint density at radius 3 is 2.96 bits per heavy atom. The number of hydrogen-bond donors (Lipinski definition) is 2. The number of benzene rings is 1. The van der Waals surface area contributed by atoms with Crippen LogP contribution < -0.4 is 15.4 Å². The van der Waals surface area contributed by atoms with Crippen molar-refractivity contribution in [3.8, 4) is 11.9 Å².